The van der Waals surface area contributed by atoms with Crippen LogP contribution in [-0.4, -0.2) is 0 Å². The summed E-state index contributed by atoms with van der Waals surface area (Å²) in [5, 5.41) is 0. The van der Waals surface area contributed by atoms with Crippen molar-refractivity contribution >= 4 is 0 Å². The van der Waals surface area contributed by atoms with E-state index in [0.717, 1.165) is 11.8 Å². The molecule has 1 rings (SSSR count). The Morgan fingerprint density at radius 3 is 1.20 bits per heavy atom. The van der Waals surface area contributed by atoms with Crippen molar-refractivity contribution in [3.63, 3.8) is 0 Å². The summed E-state index contributed by atoms with van der Waals surface area (Å²) in [6, 6.07) is 4.93. The zero-order valence-corrected chi connectivity index (χ0v) is 14.6. The lowest BCUT2D eigenvalue weighted by Crippen LogP contribution is -2.07. The third-order valence-corrected chi connectivity index (χ3v) is 5.12. The highest BCUT2D eigenvalue weighted by Gasteiger charge is 2.12. The fraction of sp³-hybridized carbons (Fsp3) is 0.700. The van der Waals surface area contributed by atoms with Gasteiger partial charge in [-0.15, -0.1) is 0 Å². The van der Waals surface area contributed by atoms with Crippen molar-refractivity contribution in [2.75, 3.05) is 0 Å². The summed E-state index contributed by atoms with van der Waals surface area (Å²) >= 11 is 0. The Morgan fingerprint density at radius 1 is 0.650 bits per heavy atom. The Labute approximate surface area is 127 Å². The van der Waals surface area contributed by atoms with Crippen LogP contribution in [0.5, 0.6) is 0 Å². The molecule has 114 valence electrons. The molecule has 0 unspecified atom stereocenters. The van der Waals surface area contributed by atoms with E-state index in [0.29, 0.717) is 0 Å². The normalized spacial score (nSPS) is 11.6. The van der Waals surface area contributed by atoms with E-state index in [9.17, 15) is 0 Å². The van der Waals surface area contributed by atoms with Gasteiger partial charge < -0.3 is 0 Å². The molecule has 0 aliphatic heterocycles. The van der Waals surface area contributed by atoms with Gasteiger partial charge in [0, 0.05) is 0 Å². The number of rotatable bonds is 8. The maximum Gasteiger partial charge on any atom is -0.0248 e. The summed E-state index contributed by atoms with van der Waals surface area (Å²) in [6.07, 6.45) is 7.69. The van der Waals surface area contributed by atoms with Crippen molar-refractivity contribution in [1.82, 2.24) is 0 Å². The number of aryl methyl sites for hydroxylation is 2. The van der Waals surface area contributed by atoms with E-state index in [1.165, 1.54) is 49.7 Å². The van der Waals surface area contributed by atoms with Crippen molar-refractivity contribution in [3.05, 3.63) is 34.4 Å². The van der Waals surface area contributed by atoms with E-state index in [-0.39, 0.29) is 0 Å². The number of hydrogen-bond donors (Lipinski definition) is 0. The van der Waals surface area contributed by atoms with Gasteiger partial charge in [0.1, 0.15) is 0 Å². The van der Waals surface area contributed by atoms with Crippen molar-refractivity contribution in [3.8, 4) is 0 Å². The third-order valence-electron chi connectivity index (χ3n) is 5.12. The molecule has 0 spiro atoms. The first-order chi connectivity index (χ1) is 9.55. The minimum Gasteiger partial charge on any atom is -0.0651 e. The highest BCUT2D eigenvalue weighted by atomic mass is 14.2. The molecule has 20 heavy (non-hydrogen) atoms. The van der Waals surface area contributed by atoms with E-state index < -0.39 is 0 Å². The van der Waals surface area contributed by atoms with Gasteiger partial charge in [0.15, 0.2) is 0 Å². The van der Waals surface area contributed by atoms with Crippen LogP contribution >= 0.6 is 0 Å². The fourth-order valence-electron chi connectivity index (χ4n) is 3.15. The van der Waals surface area contributed by atoms with Crippen LogP contribution in [0, 0.1) is 25.7 Å². The van der Waals surface area contributed by atoms with E-state index in [2.05, 4.69) is 53.7 Å². The maximum absolute atomic E-state index is 2.46. The summed E-state index contributed by atoms with van der Waals surface area (Å²) in [5.74, 6) is 1.69. The lowest BCUT2D eigenvalue weighted by Gasteiger charge is -2.19. The molecular weight excluding hydrogens is 240 g/mol. The van der Waals surface area contributed by atoms with E-state index in [4.69, 9.17) is 0 Å². The van der Waals surface area contributed by atoms with Crippen LogP contribution in [0.25, 0.3) is 0 Å². The molecule has 0 aliphatic carbocycles. The molecule has 0 fully saturated rings. The molecule has 0 aromatic heterocycles. The van der Waals surface area contributed by atoms with Gasteiger partial charge in [-0.1, -0.05) is 65.5 Å². The first-order valence-corrected chi connectivity index (χ1v) is 8.64. The minimum absolute atomic E-state index is 0.845. The number of benzene rings is 1. The lowest BCUT2D eigenvalue weighted by molar-refractivity contribution is 0.485. The van der Waals surface area contributed by atoms with Crippen LogP contribution in [0.1, 0.15) is 75.6 Å². The van der Waals surface area contributed by atoms with Crippen LogP contribution in [0.2, 0.25) is 0 Å². The molecule has 0 nitrogen and oxygen atoms in total. The molecule has 0 heteroatoms. The lowest BCUT2D eigenvalue weighted by atomic mass is 9.87. The summed E-state index contributed by atoms with van der Waals surface area (Å²) in [6.45, 7) is 13.9. The minimum atomic E-state index is 0.845. The van der Waals surface area contributed by atoms with Gasteiger partial charge in [0.05, 0.1) is 0 Å². The van der Waals surface area contributed by atoms with E-state index >= 15 is 0 Å². The fourth-order valence-corrected chi connectivity index (χ4v) is 3.15. The molecule has 0 bridgehead atoms. The second-order valence-corrected chi connectivity index (χ2v) is 6.48. The van der Waals surface area contributed by atoms with Crippen LogP contribution in [-0.2, 0) is 12.8 Å². The predicted octanol–water partition coefficient (Wildman–Crippen LogP) is 6.26. The van der Waals surface area contributed by atoms with E-state index in [1.807, 2.05) is 0 Å². The van der Waals surface area contributed by atoms with Gasteiger partial charge in [-0.2, -0.15) is 0 Å². The monoisotopic (exact) mass is 274 g/mol. The summed E-state index contributed by atoms with van der Waals surface area (Å²) in [7, 11) is 0. The van der Waals surface area contributed by atoms with Gasteiger partial charge in [-0.05, 0) is 60.8 Å². The topological polar surface area (TPSA) is 0 Å². The van der Waals surface area contributed by atoms with Gasteiger partial charge in [-0.3, -0.25) is 0 Å². The molecule has 0 saturated heterocycles. The zero-order valence-electron chi connectivity index (χ0n) is 14.6. The average Bonchev–Trinajstić information content (AvgIpc) is 2.46. The van der Waals surface area contributed by atoms with Crippen molar-refractivity contribution in [2.45, 2.75) is 80.1 Å². The Balaban J connectivity index is 2.90. The highest BCUT2D eigenvalue weighted by molar-refractivity contribution is 5.37. The van der Waals surface area contributed by atoms with Crippen LogP contribution in [0.15, 0.2) is 12.1 Å². The van der Waals surface area contributed by atoms with Crippen LogP contribution < -0.4 is 0 Å². The van der Waals surface area contributed by atoms with E-state index in [1.54, 1.807) is 11.1 Å². The quantitative estimate of drug-likeness (QED) is 0.524. The Kier molecular flexibility index (Phi) is 7.34. The molecule has 1 aromatic carbocycles. The molecule has 0 amide bonds. The molecule has 0 radical (unpaired) electrons. The SMILES string of the molecule is CCC(CC)Cc1cc(C)c(CC(CC)CC)cc1C. The van der Waals surface area contributed by atoms with Crippen molar-refractivity contribution in [1.29, 1.82) is 0 Å². The largest absolute Gasteiger partial charge is 0.0651 e. The Morgan fingerprint density at radius 2 is 0.950 bits per heavy atom. The summed E-state index contributed by atoms with van der Waals surface area (Å²) < 4.78 is 0. The highest BCUT2D eigenvalue weighted by Crippen LogP contribution is 2.25. The maximum atomic E-state index is 2.46. The van der Waals surface area contributed by atoms with Gasteiger partial charge in [-0.25, -0.2) is 0 Å². The zero-order chi connectivity index (χ0) is 15.1. The summed E-state index contributed by atoms with van der Waals surface area (Å²) in [5.41, 5.74) is 6.15. The third kappa shape index (κ3) is 4.65. The standard InChI is InChI=1S/C20H34/c1-7-17(8-2)13-19-11-16(6)20(12-15(19)5)14-18(9-3)10-4/h11-12,17-18H,7-10,13-14H2,1-6H3. The van der Waals surface area contributed by atoms with Crippen LogP contribution in [0.4, 0.5) is 0 Å². The molecule has 0 aliphatic rings. The predicted molar refractivity (Wildman–Crippen MR) is 91.5 cm³/mol. The summed E-state index contributed by atoms with van der Waals surface area (Å²) in [4.78, 5) is 0. The van der Waals surface area contributed by atoms with Gasteiger partial charge >= 0.3 is 0 Å². The second kappa shape index (κ2) is 8.49. The van der Waals surface area contributed by atoms with Crippen LogP contribution in [0.3, 0.4) is 0 Å². The average molecular weight is 274 g/mol. The Hall–Kier alpha value is -0.780. The number of hydrogen-bond acceptors (Lipinski definition) is 0. The first kappa shape index (κ1) is 17.3. The molecular formula is C20H34. The molecule has 0 heterocycles. The molecule has 0 atom stereocenters. The second-order valence-electron chi connectivity index (χ2n) is 6.48. The smallest absolute Gasteiger partial charge is 0.0248 e. The van der Waals surface area contributed by atoms with Crippen molar-refractivity contribution in [2.24, 2.45) is 11.8 Å². The Bertz CT molecular complexity index is 355. The molecule has 1 aromatic rings. The molecule has 0 N–H and O–H groups in total. The molecule has 0 saturated carbocycles. The van der Waals surface area contributed by atoms with Gasteiger partial charge in [0.25, 0.3) is 0 Å². The first-order valence-electron chi connectivity index (χ1n) is 8.64. The van der Waals surface area contributed by atoms with Gasteiger partial charge in [0.2, 0.25) is 0 Å². The van der Waals surface area contributed by atoms with Crippen molar-refractivity contribution < 1.29 is 0 Å².